The van der Waals surface area contributed by atoms with Gasteiger partial charge in [-0.2, -0.15) is 0 Å². The van der Waals surface area contributed by atoms with E-state index in [1.165, 1.54) is 6.08 Å². The van der Waals surface area contributed by atoms with Gasteiger partial charge in [-0.3, -0.25) is 0 Å². The lowest BCUT2D eigenvalue weighted by Crippen LogP contribution is -2.21. The Balaban J connectivity index is 0.00000103. The van der Waals surface area contributed by atoms with Crippen LogP contribution in [0.15, 0.2) is 78.9 Å². The van der Waals surface area contributed by atoms with Crippen molar-refractivity contribution in [1.29, 1.82) is 0 Å². The summed E-state index contributed by atoms with van der Waals surface area (Å²) in [6.45, 7) is 2.82. The topological polar surface area (TPSA) is 149 Å². The second kappa shape index (κ2) is 20.8. The van der Waals surface area contributed by atoms with Crippen molar-refractivity contribution in [3.05, 3.63) is 90.0 Å². The minimum absolute atomic E-state index is 0.255. The molecular weight excluding hydrogens is 642 g/mol. The number of methoxy groups -OCH3 is 2. The second-order valence-corrected chi connectivity index (χ2v) is 11.5. The number of aliphatic carboxylic acids is 2. The number of carboxylic acid groups (broad SMARTS) is 2. The van der Waals surface area contributed by atoms with Crippen molar-refractivity contribution in [2.45, 2.75) is 38.5 Å². The van der Waals surface area contributed by atoms with Crippen LogP contribution >= 0.6 is 0 Å². The standard InChI is InChI=1S/C37H43NO6.C2H2O4/c1-38(22-10-4-12-24-43-35(39)21-19-28-18-20-33(41-2)34(26-28)42-3)23-11-5-13-25-44-37(40)36-31-16-8-6-14-29(31)27-30-15-7-9-17-32(30)36;3-1(4)2(5)6/h6-9,14-21,26-27H,4-5,10-13,22-25H2,1-3H3;(H,3,4)(H,5,6)/b21-19+;. The largest absolute Gasteiger partial charge is 0.493 e. The maximum atomic E-state index is 13.1. The molecule has 2 N–H and O–H groups in total. The highest BCUT2D eigenvalue weighted by Gasteiger charge is 2.16. The lowest BCUT2D eigenvalue weighted by molar-refractivity contribution is -0.159. The fourth-order valence-corrected chi connectivity index (χ4v) is 5.25. The van der Waals surface area contributed by atoms with Crippen molar-refractivity contribution in [3.63, 3.8) is 0 Å². The van der Waals surface area contributed by atoms with Crippen LogP contribution in [0.2, 0.25) is 0 Å². The molecule has 4 aromatic rings. The highest BCUT2D eigenvalue weighted by atomic mass is 16.5. The van der Waals surface area contributed by atoms with Crippen LogP contribution in [-0.4, -0.2) is 86.6 Å². The summed E-state index contributed by atoms with van der Waals surface area (Å²) >= 11 is 0. The first-order chi connectivity index (χ1) is 24.1. The van der Waals surface area contributed by atoms with Crippen LogP contribution in [0.25, 0.3) is 27.6 Å². The Morgan fingerprint density at radius 1 is 0.660 bits per heavy atom. The molecule has 4 rings (SSSR count). The summed E-state index contributed by atoms with van der Waals surface area (Å²) < 4.78 is 21.6. The van der Waals surface area contributed by atoms with Gasteiger partial charge >= 0.3 is 23.9 Å². The molecule has 0 aliphatic rings. The molecule has 0 bridgehead atoms. The number of fused-ring (bicyclic) bond motifs is 2. The van der Waals surface area contributed by atoms with E-state index >= 15 is 0 Å². The quantitative estimate of drug-likeness (QED) is 0.0395. The summed E-state index contributed by atoms with van der Waals surface area (Å²) in [7, 11) is 5.29. The number of benzene rings is 4. The van der Waals surface area contributed by atoms with Crippen molar-refractivity contribution in [1.82, 2.24) is 4.90 Å². The number of nitrogens with zero attached hydrogens (tertiary/aromatic N) is 1. The van der Waals surface area contributed by atoms with Crippen LogP contribution in [0, 0.1) is 0 Å². The molecule has 4 aromatic carbocycles. The zero-order valence-electron chi connectivity index (χ0n) is 28.8. The number of carboxylic acids is 2. The smallest absolute Gasteiger partial charge is 0.414 e. The van der Waals surface area contributed by atoms with Crippen LogP contribution in [0.1, 0.15) is 54.4 Å². The monoisotopic (exact) mass is 687 g/mol. The minimum Gasteiger partial charge on any atom is -0.493 e. The van der Waals surface area contributed by atoms with E-state index in [0.717, 1.165) is 78.7 Å². The average molecular weight is 688 g/mol. The molecule has 0 heterocycles. The molecule has 0 atom stereocenters. The van der Waals surface area contributed by atoms with E-state index in [1.807, 2.05) is 60.7 Å². The van der Waals surface area contributed by atoms with Crippen molar-refractivity contribution >= 4 is 51.5 Å². The van der Waals surface area contributed by atoms with Crippen LogP contribution in [0.4, 0.5) is 0 Å². The Labute approximate surface area is 292 Å². The van der Waals surface area contributed by atoms with Gasteiger partial charge in [-0.05, 0) is 110 Å². The number of hydrogen-bond acceptors (Lipinski definition) is 9. The van der Waals surface area contributed by atoms with Crippen LogP contribution in [0.5, 0.6) is 11.5 Å². The van der Waals surface area contributed by atoms with Crippen LogP contribution < -0.4 is 9.47 Å². The van der Waals surface area contributed by atoms with Gasteiger partial charge in [0.2, 0.25) is 0 Å². The first-order valence-corrected chi connectivity index (χ1v) is 16.4. The number of hydrogen-bond donors (Lipinski definition) is 2. The minimum atomic E-state index is -1.82. The van der Waals surface area contributed by atoms with E-state index in [0.29, 0.717) is 30.3 Å². The molecule has 0 aliphatic carbocycles. The van der Waals surface area contributed by atoms with Gasteiger partial charge in [0, 0.05) is 6.08 Å². The lowest BCUT2D eigenvalue weighted by Gasteiger charge is -2.16. The normalized spacial score (nSPS) is 10.9. The molecule has 50 heavy (non-hydrogen) atoms. The molecule has 0 aliphatic heterocycles. The summed E-state index contributed by atoms with van der Waals surface area (Å²) in [6, 6.07) is 23.5. The van der Waals surface area contributed by atoms with E-state index in [2.05, 4.69) is 18.0 Å². The zero-order chi connectivity index (χ0) is 36.3. The molecule has 0 amide bonds. The van der Waals surface area contributed by atoms with Crippen molar-refractivity contribution < 1.29 is 48.3 Å². The van der Waals surface area contributed by atoms with E-state index in [9.17, 15) is 9.59 Å². The molecule has 0 saturated carbocycles. The van der Waals surface area contributed by atoms with Gasteiger partial charge in [0.15, 0.2) is 11.5 Å². The molecule has 0 unspecified atom stereocenters. The van der Waals surface area contributed by atoms with Gasteiger partial charge in [-0.1, -0.05) is 54.6 Å². The first-order valence-electron chi connectivity index (χ1n) is 16.4. The SMILES string of the molecule is COc1ccc(/C=C/C(=O)OCCCCCN(C)CCCCCOC(=O)c2c3ccccc3cc3ccccc23)cc1OC.O=C(O)C(=O)O. The molecule has 0 radical (unpaired) electrons. The van der Waals surface area contributed by atoms with Gasteiger partial charge < -0.3 is 34.1 Å². The van der Waals surface area contributed by atoms with E-state index < -0.39 is 11.9 Å². The van der Waals surface area contributed by atoms with Gasteiger partial charge in [0.05, 0.1) is 33.0 Å². The number of carbonyl (C=O) groups excluding carboxylic acids is 2. The molecule has 11 nitrogen and oxygen atoms in total. The molecule has 0 saturated heterocycles. The van der Waals surface area contributed by atoms with E-state index in [4.69, 9.17) is 38.7 Å². The Morgan fingerprint density at radius 2 is 1.20 bits per heavy atom. The third kappa shape index (κ3) is 12.6. The van der Waals surface area contributed by atoms with Gasteiger partial charge in [-0.15, -0.1) is 0 Å². The molecule has 0 spiro atoms. The number of rotatable bonds is 17. The summed E-state index contributed by atoms with van der Waals surface area (Å²) in [6.07, 6.45) is 8.91. The van der Waals surface area contributed by atoms with Crippen molar-refractivity contribution in [2.75, 3.05) is 47.6 Å². The third-order valence-electron chi connectivity index (χ3n) is 7.82. The maximum absolute atomic E-state index is 13.1. The summed E-state index contributed by atoms with van der Waals surface area (Å²) in [5.41, 5.74) is 1.48. The Bertz CT molecular complexity index is 1700. The Kier molecular flexibility index (Phi) is 16.3. The summed E-state index contributed by atoms with van der Waals surface area (Å²) in [5.74, 6) is -3.00. The lowest BCUT2D eigenvalue weighted by atomic mass is 9.97. The first kappa shape index (κ1) is 39.0. The molecule has 11 heteroatoms. The number of carbonyl (C=O) groups is 4. The van der Waals surface area contributed by atoms with Crippen molar-refractivity contribution in [3.8, 4) is 11.5 Å². The molecule has 0 fully saturated rings. The van der Waals surface area contributed by atoms with Gasteiger partial charge in [-0.25, -0.2) is 19.2 Å². The maximum Gasteiger partial charge on any atom is 0.414 e. The van der Waals surface area contributed by atoms with E-state index in [1.54, 1.807) is 26.4 Å². The van der Waals surface area contributed by atoms with Gasteiger partial charge in [0.25, 0.3) is 0 Å². The number of ether oxygens (including phenoxy) is 4. The number of esters is 2. The Hall–Kier alpha value is -5.42. The molecular formula is C39H45NO10. The fourth-order valence-electron chi connectivity index (χ4n) is 5.25. The predicted octanol–water partition coefficient (Wildman–Crippen LogP) is 6.85. The molecule has 0 aromatic heterocycles. The average Bonchev–Trinajstić information content (AvgIpc) is 3.12. The summed E-state index contributed by atoms with van der Waals surface area (Å²) in [4.78, 5) is 45.7. The number of unbranched alkanes of at least 4 members (excludes halogenated alkanes) is 4. The fraction of sp³-hybridized carbons (Fsp3) is 0.333. The highest BCUT2D eigenvalue weighted by molar-refractivity contribution is 6.27. The highest BCUT2D eigenvalue weighted by Crippen LogP contribution is 2.29. The van der Waals surface area contributed by atoms with E-state index in [-0.39, 0.29) is 11.9 Å². The second-order valence-electron chi connectivity index (χ2n) is 11.5. The molecule has 266 valence electrons. The van der Waals surface area contributed by atoms with Crippen LogP contribution in [-0.2, 0) is 23.9 Å². The third-order valence-corrected chi connectivity index (χ3v) is 7.82. The van der Waals surface area contributed by atoms with Crippen LogP contribution in [0.3, 0.4) is 0 Å². The Morgan fingerprint density at radius 3 is 1.74 bits per heavy atom. The predicted molar refractivity (Wildman–Crippen MR) is 192 cm³/mol. The zero-order valence-corrected chi connectivity index (χ0v) is 28.8. The van der Waals surface area contributed by atoms with Gasteiger partial charge in [0.1, 0.15) is 0 Å². The summed E-state index contributed by atoms with van der Waals surface area (Å²) in [5, 5.41) is 18.7. The van der Waals surface area contributed by atoms with Crippen molar-refractivity contribution in [2.24, 2.45) is 0 Å².